The van der Waals surface area contributed by atoms with E-state index in [1.807, 2.05) is 0 Å². The summed E-state index contributed by atoms with van der Waals surface area (Å²) in [6.07, 6.45) is 3.64. The number of esters is 1. The molecular weight excluding hydrogens is 611 g/mol. The highest BCUT2D eigenvalue weighted by Crippen LogP contribution is 2.38. The molecule has 0 bridgehead atoms. The Morgan fingerprint density at radius 3 is 2.49 bits per heavy atom. The molecule has 2 atom stereocenters. The fourth-order valence-corrected chi connectivity index (χ4v) is 8.12. The van der Waals surface area contributed by atoms with E-state index < -0.39 is 27.5 Å². The molecule has 1 aliphatic heterocycles. The molecule has 5 rings (SSSR count). The monoisotopic (exact) mass is 638 g/mol. The highest BCUT2D eigenvalue weighted by molar-refractivity contribution is 8.02. The van der Waals surface area contributed by atoms with Gasteiger partial charge in [-0.05, 0) is 48.6 Å². The molecule has 2 aliphatic rings. The second kappa shape index (κ2) is 12.7. The molecule has 1 saturated heterocycles. The maximum atomic E-state index is 13.6. The number of nitrogens with zero attached hydrogens (tertiary/aromatic N) is 2. The van der Waals surface area contributed by atoms with Gasteiger partial charge in [-0.15, -0.1) is 11.8 Å². The van der Waals surface area contributed by atoms with Crippen molar-refractivity contribution >= 4 is 51.0 Å². The average molecular weight is 640 g/mol. The van der Waals surface area contributed by atoms with Crippen LogP contribution in [0.3, 0.4) is 0 Å². The summed E-state index contributed by atoms with van der Waals surface area (Å²) in [5.74, 6) is 1.21. The van der Waals surface area contributed by atoms with Gasteiger partial charge >= 0.3 is 5.97 Å². The molecule has 0 N–H and O–H groups in total. The number of ether oxygens (including phenoxy) is 3. The predicted octanol–water partition coefficient (Wildman–Crippen LogP) is 5.02. The number of aromatic nitrogens is 1. The zero-order chi connectivity index (χ0) is 29.1. The van der Waals surface area contributed by atoms with Gasteiger partial charge in [-0.1, -0.05) is 47.5 Å². The highest BCUT2D eigenvalue weighted by atomic mass is 35.5. The number of rotatable bonds is 11. The lowest BCUT2D eigenvalue weighted by molar-refractivity contribution is -0.605. The Kier molecular flexibility index (Phi) is 9.20. The van der Waals surface area contributed by atoms with Crippen LogP contribution in [0.4, 0.5) is 0 Å². The summed E-state index contributed by atoms with van der Waals surface area (Å²) in [4.78, 5) is 13.7. The molecule has 9 nitrogen and oxygen atoms in total. The summed E-state index contributed by atoms with van der Waals surface area (Å²) in [7, 11) is -2.40. The van der Waals surface area contributed by atoms with Crippen molar-refractivity contribution in [2.45, 2.75) is 35.6 Å². The average Bonchev–Trinajstić information content (AvgIpc) is 3.65. The van der Waals surface area contributed by atoms with Gasteiger partial charge in [-0.3, -0.25) is 0 Å². The van der Waals surface area contributed by atoms with Crippen molar-refractivity contribution in [1.29, 1.82) is 0 Å². The fourth-order valence-electron chi connectivity index (χ4n) is 4.45. The molecule has 1 unspecified atom stereocenters. The molecule has 1 saturated carbocycles. The summed E-state index contributed by atoms with van der Waals surface area (Å²) >= 11 is 13.9. The van der Waals surface area contributed by atoms with Crippen molar-refractivity contribution in [1.82, 2.24) is 4.31 Å². The molecule has 2 fully saturated rings. The second-order valence-electron chi connectivity index (χ2n) is 9.74. The van der Waals surface area contributed by atoms with Crippen LogP contribution >= 0.6 is 35.0 Å². The molecular formula is C28H28Cl2N2O7S2. The van der Waals surface area contributed by atoms with Crippen LogP contribution in [-0.4, -0.2) is 50.1 Å². The van der Waals surface area contributed by atoms with E-state index in [-0.39, 0.29) is 27.9 Å². The van der Waals surface area contributed by atoms with Gasteiger partial charge in [0.05, 0.1) is 18.6 Å². The minimum atomic E-state index is -3.94. The molecule has 0 spiro atoms. The number of carbonyl (C=O) groups excluding carboxylic acids is 1. The van der Waals surface area contributed by atoms with E-state index in [0.29, 0.717) is 45.6 Å². The van der Waals surface area contributed by atoms with E-state index in [4.69, 9.17) is 37.4 Å². The van der Waals surface area contributed by atoms with Gasteiger partial charge in [0.1, 0.15) is 16.1 Å². The third-order valence-electron chi connectivity index (χ3n) is 6.84. The van der Waals surface area contributed by atoms with Crippen LogP contribution in [0, 0.1) is 11.1 Å². The highest BCUT2D eigenvalue weighted by Gasteiger charge is 2.42. The standard InChI is InChI=1S/C28H28Cl2N2O7S2/c1-37-24-10-9-19(13-26(24)38-17-18-7-8-18)25(14-21-22(29)15-31(34)16-23(21)30)39-28(33)27-32(11-12-40-27)41(35,36)20-5-3-2-4-6-20/h2-6,9-10,13,15-16,18,25,27H,7-8,11-12,14,17H2,1H3/t25?,27-/m0/s1. The Bertz CT molecular complexity index is 1500. The summed E-state index contributed by atoms with van der Waals surface area (Å²) < 4.78 is 45.9. The van der Waals surface area contributed by atoms with Gasteiger partial charge in [0, 0.05) is 24.3 Å². The first-order valence-electron chi connectivity index (χ1n) is 12.9. The first-order valence-corrected chi connectivity index (χ1v) is 16.2. The quantitative estimate of drug-likeness (QED) is 0.164. The Labute approximate surface area is 252 Å². The molecule has 218 valence electrons. The largest absolute Gasteiger partial charge is 0.619 e. The Morgan fingerprint density at radius 1 is 1.12 bits per heavy atom. The summed E-state index contributed by atoms with van der Waals surface area (Å²) in [5.41, 5.74) is 0.971. The number of hydrogen-bond donors (Lipinski definition) is 0. The number of carbonyl (C=O) groups is 1. The van der Waals surface area contributed by atoms with E-state index in [2.05, 4.69) is 0 Å². The van der Waals surface area contributed by atoms with Crippen molar-refractivity contribution in [2.75, 3.05) is 26.0 Å². The summed E-state index contributed by atoms with van der Waals surface area (Å²) in [6, 6.07) is 13.2. The fraction of sp³-hybridized carbons (Fsp3) is 0.357. The van der Waals surface area contributed by atoms with Crippen molar-refractivity contribution in [3.8, 4) is 11.5 Å². The number of halogens is 2. The van der Waals surface area contributed by atoms with Crippen molar-refractivity contribution in [3.63, 3.8) is 0 Å². The first-order chi connectivity index (χ1) is 19.7. The molecule has 1 aliphatic carbocycles. The number of sulfonamides is 1. The number of pyridine rings is 1. The van der Waals surface area contributed by atoms with Gasteiger partial charge in [0.2, 0.25) is 10.0 Å². The maximum Gasteiger partial charge on any atom is 0.335 e. The van der Waals surface area contributed by atoms with Crippen molar-refractivity contribution in [3.05, 3.63) is 87.3 Å². The van der Waals surface area contributed by atoms with Crippen LogP contribution in [0.15, 0.2) is 65.8 Å². The van der Waals surface area contributed by atoms with Crippen LogP contribution in [0.5, 0.6) is 11.5 Å². The lowest BCUT2D eigenvalue weighted by Gasteiger charge is -2.26. The van der Waals surface area contributed by atoms with Crippen LogP contribution in [-0.2, 0) is 26.0 Å². The molecule has 3 aromatic rings. The van der Waals surface area contributed by atoms with E-state index in [1.165, 1.54) is 43.4 Å². The van der Waals surface area contributed by atoms with Gasteiger partial charge in [-0.25, -0.2) is 13.2 Å². The molecule has 0 radical (unpaired) electrons. The number of benzene rings is 2. The lowest BCUT2D eigenvalue weighted by atomic mass is 10.0. The van der Waals surface area contributed by atoms with Crippen LogP contribution in [0.2, 0.25) is 10.0 Å². The smallest absolute Gasteiger partial charge is 0.335 e. The number of methoxy groups -OCH3 is 1. The molecule has 2 aromatic carbocycles. The predicted molar refractivity (Wildman–Crippen MR) is 156 cm³/mol. The molecule has 2 heterocycles. The SMILES string of the molecule is COc1ccc(C(Cc2c(Cl)c[n+]([O-])cc2Cl)OC(=O)[C@@H]2SCCN2S(=O)(=O)c2ccccc2)cc1OCC1CC1. The topological polar surface area (TPSA) is 109 Å². The minimum absolute atomic E-state index is 0.0292. The third kappa shape index (κ3) is 6.86. The van der Waals surface area contributed by atoms with E-state index >= 15 is 0 Å². The van der Waals surface area contributed by atoms with Gasteiger partial charge in [0.25, 0.3) is 0 Å². The van der Waals surface area contributed by atoms with Gasteiger partial charge in [-0.2, -0.15) is 9.04 Å². The van der Waals surface area contributed by atoms with Gasteiger partial charge in [0.15, 0.2) is 29.3 Å². The summed E-state index contributed by atoms with van der Waals surface area (Å²) in [6.45, 7) is 0.697. The molecule has 1 aromatic heterocycles. The first kappa shape index (κ1) is 29.8. The Morgan fingerprint density at radius 2 is 1.83 bits per heavy atom. The second-order valence-corrected chi connectivity index (χ2v) is 13.6. The molecule has 0 amide bonds. The third-order valence-corrected chi connectivity index (χ3v) is 10.7. The Balaban J connectivity index is 1.46. The van der Waals surface area contributed by atoms with E-state index in [1.54, 1.807) is 36.4 Å². The normalized spacial score (nSPS) is 18.2. The van der Waals surface area contributed by atoms with Crippen LogP contribution < -0.4 is 14.2 Å². The lowest BCUT2D eigenvalue weighted by Crippen LogP contribution is -2.40. The zero-order valence-electron chi connectivity index (χ0n) is 22.1. The van der Waals surface area contributed by atoms with E-state index in [9.17, 15) is 18.4 Å². The van der Waals surface area contributed by atoms with Gasteiger partial charge < -0.3 is 19.4 Å². The maximum absolute atomic E-state index is 13.6. The molecule has 41 heavy (non-hydrogen) atoms. The van der Waals surface area contributed by atoms with Crippen LogP contribution in [0.25, 0.3) is 0 Å². The van der Waals surface area contributed by atoms with Crippen LogP contribution in [0.1, 0.15) is 30.1 Å². The van der Waals surface area contributed by atoms with E-state index in [0.717, 1.165) is 17.1 Å². The minimum Gasteiger partial charge on any atom is -0.619 e. The number of thioether (sulfide) groups is 1. The number of hydrogen-bond acceptors (Lipinski definition) is 8. The van der Waals surface area contributed by atoms with Crippen molar-refractivity contribution in [2.24, 2.45) is 5.92 Å². The molecule has 13 heteroatoms. The Hall–Kier alpha value is -2.70. The summed E-state index contributed by atoms with van der Waals surface area (Å²) in [5, 5.41) is 11.0. The zero-order valence-corrected chi connectivity index (χ0v) is 25.2. The van der Waals surface area contributed by atoms with Crippen molar-refractivity contribution < 1.29 is 32.2 Å².